The van der Waals surface area contributed by atoms with Gasteiger partial charge in [0.25, 0.3) is 0 Å². The third kappa shape index (κ3) is 8.85. The van der Waals surface area contributed by atoms with E-state index in [4.69, 9.17) is 0 Å². The molecule has 0 bridgehead atoms. The minimum absolute atomic E-state index is 0. The third-order valence-corrected chi connectivity index (χ3v) is 0. The van der Waals surface area contributed by atoms with Crippen molar-refractivity contribution in [1.82, 2.24) is 0 Å². The molecule has 0 rings (SSSR count). The van der Waals surface area contributed by atoms with E-state index in [1.54, 1.807) is 0 Å². The Labute approximate surface area is 65.6 Å². The summed E-state index contributed by atoms with van der Waals surface area (Å²) in [6.07, 6.45) is 0. The molecule has 1 radical (unpaired) electrons. The van der Waals surface area contributed by atoms with Gasteiger partial charge in [0, 0.05) is 17.1 Å². The van der Waals surface area contributed by atoms with Gasteiger partial charge in [0.15, 0.2) is 17.4 Å². The molecule has 4 heteroatoms. The summed E-state index contributed by atoms with van der Waals surface area (Å²) < 4.78 is 0. The van der Waals surface area contributed by atoms with Gasteiger partial charge in [0.2, 0.25) is 0 Å². The van der Waals surface area contributed by atoms with Crippen molar-refractivity contribution in [2.45, 2.75) is 0 Å². The van der Waals surface area contributed by atoms with Crippen LogP contribution in [0.15, 0.2) is 0 Å². The fourth-order valence-electron chi connectivity index (χ4n) is 0. The molecule has 0 unspecified atom stereocenters. The van der Waals surface area contributed by atoms with Gasteiger partial charge >= 0.3 is 32.0 Å². The Balaban J connectivity index is -0.00000000500. The molecule has 0 amide bonds. The Morgan fingerprint density at radius 3 is 1.25 bits per heavy atom. The topological polar surface area (TPSA) is 0 Å². The van der Waals surface area contributed by atoms with Crippen molar-refractivity contribution in [3.63, 3.8) is 0 Å². The molecule has 0 aromatic rings. The summed E-state index contributed by atoms with van der Waals surface area (Å²) in [7, 11) is 0. The van der Waals surface area contributed by atoms with Crippen molar-refractivity contribution >= 4 is 30.5 Å². The molecule has 35 valence electrons. The van der Waals surface area contributed by atoms with E-state index in [1.165, 1.54) is 0 Å². The third-order valence-electron chi connectivity index (χ3n) is 0. The second-order valence-electron chi connectivity index (χ2n) is 0. The van der Waals surface area contributed by atoms with Crippen LogP contribution in [-0.4, -0.2) is 30.5 Å². The average molecular weight is 370 g/mol. The molecule has 0 aliphatic rings. The summed E-state index contributed by atoms with van der Waals surface area (Å²) in [6, 6.07) is 0. The summed E-state index contributed by atoms with van der Waals surface area (Å²) >= 11 is 4.47. The number of rotatable bonds is 0. The molecule has 0 N–H and O–H groups in total. The molecule has 0 saturated carbocycles. The van der Waals surface area contributed by atoms with Gasteiger partial charge in [-0.2, -0.15) is 0 Å². The minimum atomic E-state index is 0. The molecule has 0 nitrogen and oxygen atoms in total. The Morgan fingerprint density at radius 2 is 1.25 bits per heavy atom. The molecule has 0 atom stereocenters. The monoisotopic (exact) mass is 371 g/mol. The molecule has 0 spiro atoms. The van der Waals surface area contributed by atoms with Crippen LogP contribution in [0.3, 0.4) is 0 Å². The van der Waals surface area contributed by atoms with E-state index in [9.17, 15) is 0 Å². The Morgan fingerprint density at radius 1 is 1.25 bits per heavy atom. The summed E-state index contributed by atoms with van der Waals surface area (Å²) in [6.45, 7) is 0. The maximum atomic E-state index is 2.26. The fourth-order valence-corrected chi connectivity index (χ4v) is 0. The van der Waals surface area contributed by atoms with Crippen molar-refractivity contribution in [2.24, 2.45) is 0 Å². The van der Waals surface area contributed by atoms with Crippen LogP contribution in [0.4, 0.5) is 0 Å². The first-order chi connectivity index (χ1) is 1.00. The van der Waals surface area contributed by atoms with Crippen LogP contribution < -0.4 is 0 Å². The zero-order valence-electron chi connectivity index (χ0n) is 1.05. The van der Waals surface area contributed by atoms with Gasteiger partial charge in [0.1, 0.15) is 0 Å². The van der Waals surface area contributed by atoms with E-state index >= 15 is 0 Å². The SMILES string of the molecule is [AlH3].[Cu].[SeH][Au]. The predicted molar refractivity (Wildman–Crippen MR) is 17.1 cm³/mol. The normalized spacial score (nSPS) is 1.75. The molecule has 0 aliphatic heterocycles. The van der Waals surface area contributed by atoms with Crippen molar-refractivity contribution in [1.29, 1.82) is 0 Å². The molecular weight excluding hydrogens is 366 g/mol. The fraction of sp³-hybridized carbons (Fsp3) is 0. The van der Waals surface area contributed by atoms with E-state index in [0.29, 0.717) is 0 Å². The van der Waals surface area contributed by atoms with E-state index in [2.05, 4.69) is 32.0 Å². The Bertz CT molecular complexity index is 8.00. The van der Waals surface area contributed by atoms with Gasteiger partial charge in [0.05, 0.1) is 0 Å². The molecule has 0 heterocycles. The van der Waals surface area contributed by atoms with Crippen molar-refractivity contribution in [3.8, 4) is 0 Å². The van der Waals surface area contributed by atoms with Crippen LogP contribution in [0.25, 0.3) is 0 Å². The first kappa shape index (κ1) is 16.2. The Kier molecular flexibility index (Phi) is 75.0. The van der Waals surface area contributed by atoms with Crippen LogP contribution in [0.5, 0.6) is 0 Å². The van der Waals surface area contributed by atoms with Gasteiger partial charge < -0.3 is 0 Å². The summed E-state index contributed by atoms with van der Waals surface area (Å²) in [5, 5.41) is 0. The van der Waals surface area contributed by atoms with Crippen molar-refractivity contribution in [3.05, 3.63) is 0 Å². The van der Waals surface area contributed by atoms with Crippen molar-refractivity contribution in [2.75, 3.05) is 0 Å². The van der Waals surface area contributed by atoms with Crippen LogP contribution in [-0.2, 0) is 36.0 Å². The first-order valence-corrected chi connectivity index (χ1v) is 5.74. The average Bonchev–Trinajstić information content (AvgIpc) is 1.00. The van der Waals surface area contributed by atoms with Crippen molar-refractivity contribution < 1.29 is 36.0 Å². The second kappa shape index (κ2) is 18.5. The molecule has 0 aromatic heterocycles. The van der Waals surface area contributed by atoms with E-state index in [0.717, 1.165) is 0 Å². The van der Waals surface area contributed by atoms with Gasteiger partial charge in [-0.1, -0.05) is 0 Å². The number of hydrogen-bond donors (Lipinski definition) is 0. The van der Waals surface area contributed by atoms with Gasteiger partial charge in [-0.3, -0.25) is 0 Å². The zero-order valence-corrected chi connectivity index (χ0v) is 6.03. The molecule has 0 aromatic carbocycles. The standard InChI is InChI=1S/Al.Au.Cu.H2Se.3H/h;;;1H2;;;/q;+1;;;;;/p-1. The molecule has 0 aliphatic carbocycles. The second-order valence-corrected chi connectivity index (χ2v) is 0. The van der Waals surface area contributed by atoms with Gasteiger partial charge in [-0.25, -0.2) is 0 Å². The Hall–Kier alpha value is 2.31. The maximum absolute atomic E-state index is 2.26. The van der Waals surface area contributed by atoms with E-state index in [1.807, 2.05) is 0 Å². The summed E-state index contributed by atoms with van der Waals surface area (Å²) in [5.74, 6) is 0. The summed E-state index contributed by atoms with van der Waals surface area (Å²) in [5.41, 5.74) is 0. The molecular formula is H4AlAuCuSe. The van der Waals surface area contributed by atoms with Gasteiger partial charge in [-0.15, -0.1) is 0 Å². The van der Waals surface area contributed by atoms with Crippen LogP contribution in [0.2, 0.25) is 0 Å². The summed E-state index contributed by atoms with van der Waals surface area (Å²) in [4.78, 5) is 0. The molecule has 4 heavy (non-hydrogen) atoms. The van der Waals surface area contributed by atoms with Crippen LogP contribution in [0.1, 0.15) is 0 Å². The van der Waals surface area contributed by atoms with Crippen LogP contribution in [0, 0.1) is 0 Å². The first-order valence-electron chi connectivity index (χ1n) is 0.135. The number of hydrogen-bond acceptors (Lipinski definition) is 0. The quantitative estimate of drug-likeness (QED) is 0.440. The predicted octanol–water partition coefficient (Wildman–Crippen LogP) is -1.84. The van der Waals surface area contributed by atoms with E-state index in [-0.39, 0.29) is 34.4 Å². The molecule has 0 fully saturated rings. The molecule has 0 saturated heterocycles. The zero-order chi connectivity index (χ0) is 2.00. The van der Waals surface area contributed by atoms with Gasteiger partial charge in [-0.05, 0) is 0 Å². The van der Waals surface area contributed by atoms with E-state index < -0.39 is 0 Å². The van der Waals surface area contributed by atoms with Crippen LogP contribution >= 0.6 is 0 Å².